The van der Waals surface area contributed by atoms with Crippen LogP contribution in [0.2, 0.25) is 0 Å². The molecule has 0 heterocycles. The SMILES string of the molecule is CCC(=O)[P+](=O)C([O-])O.[Na+]. The number of carbonyl (C=O) groups is 1. The maximum absolute atomic E-state index is 10.3. The molecule has 0 aliphatic carbocycles. The second-order valence-electron chi connectivity index (χ2n) is 1.40. The summed E-state index contributed by atoms with van der Waals surface area (Å²) in [5.41, 5.74) is -0.674. The predicted molar refractivity (Wildman–Crippen MR) is 28.9 cm³/mol. The number of carbonyl (C=O) groups excluding carboxylic acids is 1. The van der Waals surface area contributed by atoms with Crippen molar-refractivity contribution in [2.75, 3.05) is 0 Å². The molecule has 4 nitrogen and oxygen atoms in total. The molecular weight excluding hydrogens is 166 g/mol. The molecular formula is C4H7NaO4P+. The summed E-state index contributed by atoms with van der Waals surface area (Å²) >= 11 is 0. The van der Waals surface area contributed by atoms with Gasteiger partial charge in [0.25, 0.3) is 0 Å². The van der Waals surface area contributed by atoms with Crippen LogP contribution in [0.15, 0.2) is 0 Å². The fourth-order valence-electron chi connectivity index (χ4n) is 0.279. The van der Waals surface area contributed by atoms with Gasteiger partial charge in [0.2, 0.25) is 0 Å². The Balaban J connectivity index is 0. The molecule has 0 fully saturated rings. The quantitative estimate of drug-likeness (QED) is 0.271. The van der Waals surface area contributed by atoms with E-state index in [9.17, 15) is 14.5 Å². The Kier molecular flexibility index (Phi) is 8.51. The van der Waals surface area contributed by atoms with Gasteiger partial charge < -0.3 is 10.2 Å². The van der Waals surface area contributed by atoms with Crippen molar-refractivity contribution in [1.29, 1.82) is 0 Å². The zero-order valence-corrected chi connectivity index (χ0v) is 8.80. The van der Waals surface area contributed by atoms with Crippen LogP contribution in [-0.2, 0) is 9.36 Å². The van der Waals surface area contributed by atoms with E-state index in [1.165, 1.54) is 6.92 Å². The molecule has 0 aromatic heterocycles. The van der Waals surface area contributed by atoms with E-state index in [-0.39, 0.29) is 36.0 Å². The van der Waals surface area contributed by atoms with E-state index in [0.717, 1.165) is 0 Å². The molecule has 1 N–H and O–H groups in total. The zero-order chi connectivity index (χ0) is 7.44. The van der Waals surface area contributed by atoms with Crippen molar-refractivity contribution in [2.45, 2.75) is 19.4 Å². The third-order valence-corrected chi connectivity index (χ3v) is 1.96. The Hall–Kier alpha value is 0.690. The van der Waals surface area contributed by atoms with Gasteiger partial charge in [-0.3, -0.25) is 0 Å². The molecule has 10 heavy (non-hydrogen) atoms. The number of aliphatic hydroxyl groups is 1. The first-order valence-corrected chi connectivity index (χ1v) is 3.75. The number of hydrogen-bond donors (Lipinski definition) is 1. The largest absolute Gasteiger partial charge is 1.00 e. The summed E-state index contributed by atoms with van der Waals surface area (Å²) in [6.45, 7) is 1.48. The number of rotatable bonds is 3. The zero-order valence-electron chi connectivity index (χ0n) is 5.90. The van der Waals surface area contributed by atoms with Gasteiger partial charge in [-0.25, -0.2) is 4.79 Å². The Morgan fingerprint density at radius 3 is 2.30 bits per heavy atom. The van der Waals surface area contributed by atoms with Crippen LogP contribution in [0.4, 0.5) is 0 Å². The molecule has 52 valence electrons. The minimum atomic E-state index is -2.59. The van der Waals surface area contributed by atoms with E-state index in [0.29, 0.717) is 0 Å². The van der Waals surface area contributed by atoms with Crippen LogP contribution in [0.5, 0.6) is 0 Å². The van der Waals surface area contributed by atoms with Crippen molar-refractivity contribution in [2.24, 2.45) is 0 Å². The van der Waals surface area contributed by atoms with E-state index < -0.39 is 19.4 Å². The fraction of sp³-hybridized carbons (Fsp3) is 0.750. The first-order valence-electron chi connectivity index (χ1n) is 2.42. The normalized spacial score (nSPS) is 13.3. The Morgan fingerprint density at radius 1 is 1.80 bits per heavy atom. The molecule has 0 saturated heterocycles. The van der Waals surface area contributed by atoms with E-state index in [2.05, 4.69) is 0 Å². The monoisotopic (exact) mass is 173 g/mol. The first kappa shape index (κ1) is 13.3. The second kappa shape index (κ2) is 6.40. The third kappa shape index (κ3) is 4.50. The van der Waals surface area contributed by atoms with Crippen molar-refractivity contribution < 1.29 is 49.1 Å². The topological polar surface area (TPSA) is 77.4 Å². The first-order chi connectivity index (χ1) is 4.09. The van der Waals surface area contributed by atoms with E-state index in [1.54, 1.807) is 0 Å². The van der Waals surface area contributed by atoms with Gasteiger partial charge in [-0.1, -0.05) is 11.5 Å². The predicted octanol–water partition coefficient (Wildman–Crippen LogP) is -3.61. The molecule has 0 aliphatic heterocycles. The molecule has 2 atom stereocenters. The van der Waals surface area contributed by atoms with Gasteiger partial charge in [0.15, 0.2) is 6.03 Å². The van der Waals surface area contributed by atoms with Gasteiger partial charge in [-0.2, -0.15) is 0 Å². The summed E-state index contributed by atoms with van der Waals surface area (Å²) in [4.78, 5) is 10.3. The van der Waals surface area contributed by atoms with Crippen molar-refractivity contribution in [3.8, 4) is 0 Å². The van der Waals surface area contributed by atoms with Crippen LogP contribution in [-0.4, -0.2) is 16.7 Å². The molecule has 6 heteroatoms. The molecule has 0 aromatic carbocycles. The number of hydrogen-bond acceptors (Lipinski definition) is 4. The van der Waals surface area contributed by atoms with Crippen LogP contribution in [0.3, 0.4) is 0 Å². The van der Waals surface area contributed by atoms with Crippen LogP contribution in [0.1, 0.15) is 13.3 Å². The van der Waals surface area contributed by atoms with Crippen molar-refractivity contribution in [1.82, 2.24) is 0 Å². The van der Waals surface area contributed by atoms with E-state index in [1.807, 2.05) is 0 Å². The fourth-order valence-corrected chi connectivity index (χ4v) is 0.837. The molecule has 2 unspecified atom stereocenters. The van der Waals surface area contributed by atoms with Crippen LogP contribution in [0.25, 0.3) is 0 Å². The van der Waals surface area contributed by atoms with Crippen LogP contribution < -0.4 is 34.7 Å². The van der Waals surface area contributed by atoms with Crippen LogP contribution >= 0.6 is 7.80 Å². The summed E-state index contributed by atoms with van der Waals surface area (Å²) < 4.78 is 10.3. The molecule has 0 bridgehead atoms. The van der Waals surface area contributed by atoms with Crippen molar-refractivity contribution in [3.05, 3.63) is 0 Å². The number of aliphatic hydroxyl groups excluding tert-OH is 1. The Bertz CT molecular complexity index is 135. The minimum absolute atomic E-state index is 0. The molecule has 0 spiro atoms. The molecule has 0 amide bonds. The van der Waals surface area contributed by atoms with Crippen LogP contribution in [0, 0.1) is 0 Å². The van der Waals surface area contributed by atoms with E-state index in [4.69, 9.17) is 5.11 Å². The maximum atomic E-state index is 10.3. The standard InChI is InChI=1S/C4H7O4P.Na/c1-2-3(5)9(8)4(6)7;/h4,6H,2H2,1H3;/q;+1. The summed E-state index contributed by atoms with van der Waals surface area (Å²) in [6, 6.07) is -2.24. The van der Waals surface area contributed by atoms with Crippen molar-refractivity contribution in [3.63, 3.8) is 0 Å². The minimum Gasteiger partial charge on any atom is -0.790 e. The third-order valence-electron chi connectivity index (χ3n) is 0.749. The molecule has 0 rings (SSSR count). The average Bonchev–Trinajstić information content (AvgIpc) is 1.84. The van der Waals surface area contributed by atoms with Gasteiger partial charge >= 0.3 is 42.9 Å². The maximum Gasteiger partial charge on any atom is 1.00 e. The Morgan fingerprint density at radius 2 is 2.20 bits per heavy atom. The van der Waals surface area contributed by atoms with Gasteiger partial charge in [0, 0.05) is 0 Å². The molecule has 0 radical (unpaired) electrons. The average molecular weight is 173 g/mol. The summed E-state index contributed by atoms with van der Waals surface area (Å²) in [6.07, 6.45) is 0.0362. The summed E-state index contributed by atoms with van der Waals surface area (Å²) in [7, 11) is -2.59. The van der Waals surface area contributed by atoms with Gasteiger partial charge in [0.1, 0.15) is 0 Å². The van der Waals surface area contributed by atoms with E-state index >= 15 is 0 Å². The smallest absolute Gasteiger partial charge is 0.790 e. The molecule has 0 saturated carbocycles. The molecule has 0 aromatic rings. The summed E-state index contributed by atoms with van der Waals surface area (Å²) in [5, 5.41) is 17.9. The second-order valence-corrected chi connectivity index (χ2v) is 2.99. The summed E-state index contributed by atoms with van der Waals surface area (Å²) in [5.74, 6) is 0. The van der Waals surface area contributed by atoms with Gasteiger partial charge in [-0.15, -0.1) is 0 Å². The van der Waals surface area contributed by atoms with Crippen molar-refractivity contribution >= 4 is 13.3 Å². The molecule has 0 aliphatic rings. The Labute approximate surface area is 81.7 Å². The van der Waals surface area contributed by atoms with Gasteiger partial charge in [0.05, 0.1) is 6.42 Å². The van der Waals surface area contributed by atoms with Gasteiger partial charge in [-0.05, 0) is 0 Å².